The number of halogens is 1. The van der Waals surface area contributed by atoms with E-state index in [1.807, 2.05) is 104 Å². The Morgan fingerprint density at radius 3 is 2.33 bits per heavy atom. The van der Waals surface area contributed by atoms with Gasteiger partial charge in [-0.25, -0.2) is 0 Å². The lowest BCUT2D eigenvalue weighted by Crippen LogP contribution is -2.11. The molecule has 0 fully saturated rings. The van der Waals surface area contributed by atoms with Gasteiger partial charge in [0.2, 0.25) is 5.16 Å². The molecule has 190 valence electrons. The molecule has 6 aromatic rings. The zero-order chi connectivity index (χ0) is 26.8. The molecule has 0 saturated carbocycles. The molecule has 2 aromatic heterocycles. The van der Waals surface area contributed by atoms with Gasteiger partial charge in [0.1, 0.15) is 0 Å². The van der Waals surface area contributed by atoms with Gasteiger partial charge in [-0.1, -0.05) is 102 Å². The van der Waals surface area contributed by atoms with E-state index < -0.39 is 0 Å². The van der Waals surface area contributed by atoms with Gasteiger partial charge in [0.05, 0.1) is 11.1 Å². The van der Waals surface area contributed by atoms with Crippen LogP contribution in [0.25, 0.3) is 33.4 Å². The van der Waals surface area contributed by atoms with Gasteiger partial charge in [-0.05, 0) is 48.0 Å². The first-order valence-electron chi connectivity index (χ1n) is 12.3. The minimum Gasteiger partial charge on any atom is -0.321 e. The Balaban J connectivity index is 1.54. The number of aryl methyl sites for hydroxylation is 1. The maximum Gasteiger partial charge on any atom is 0.263 e. The normalized spacial score (nSPS) is 11.4. The average molecular weight is 548 g/mol. The van der Waals surface area contributed by atoms with Crippen molar-refractivity contribution in [1.29, 1.82) is 0 Å². The van der Waals surface area contributed by atoms with E-state index in [9.17, 15) is 4.79 Å². The van der Waals surface area contributed by atoms with Crippen molar-refractivity contribution >= 4 is 40.5 Å². The highest BCUT2D eigenvalue weighted by molar-refractivity contribution is 7.99. The highest BCUT2D eigenvalue weighted by Crippen LogP contribution is 2.38. The average Bonchev–Trinajstić information content (AvgIpc) is 3.36. The summed E-state index contributed by atoms with van der Waals surface area (Å²) in [5.74, 6) is 0.575. The van der Waals surface area contributed by atoms with E-state index in [0.29, 0.717) is 26.4 Å². The second kappa shape index (κ2) is 10.7. The molecular weight excluding hydrogens is 526 g/mol. The van der Waals surface area contributed by atoms with Gasteiger partial charge in [0.15, 0.2) is 5.82 Å². The molecule has 0 spiro atoms. The van der Waals surface area contributed by atoms with E-state index in [1.54, 1.807) is 17.0 Å². The van der Waals surface area contributed by atoms with Crippen molar-refractivity contribution in [3.8, 4) is 22.5 Å². The number of nitrogens with one attached hydrogen (secondary N) is 1. The van der Waals surface area contributed by atoms with Crippen LogP contribution < -0.4 is 5.56 Å². The van der Waals surface area contributed by atoms with Crippen LogP contribution in [0.5, 0.6) is 0 Å². The Morgan fingerprint density at radius 2 is 1.59 bits per heavy atom. The number of aromatic nitrogens is 4. The van der Waals surface area contributed by atoms with Gasteiger partial charge < -0.3 is 4.98 Å². The van der Waals surface area contributed by atoms with Crippen LogP contribution in [0.1, 0.15) is 11.1 Å². The second-order valence-electron chi connectivity index (χ2n) is 8.96. The number of aromatic amines is 1. The van der Waals surface area contributed by atoms with Crippen LogP contribution in [0.4, 0.5) is 0 Å². The lowest BCUT2D eigenvalue weighted by Gasteiger charge is -2.13. The summed E-state index contributed by atoms with van der Waals surface area (Å²) in [6.45, 7) is 2.03. The van der Waals surface area contributed by atoms with Crippen molar-refractivity contribution in [2.45, 2.75) is 17.0 Å². The number of fused-ring (bicyclic) bond motifs is 1. The number of pyridine rings is 1. The van der Waals surface area contributed by atoms with Crippen molar-refractivity contribution in [2.75, 3.05) is 0 Å². The van der Waals surface area contributed by atoms with Crippen LogP contribution in [-0.2, 0) is 0 Å². The van der Waals surface area contributed by atoms with Crippen LogP contribution in [0.2, 0.25) is 5.02 Å². The number of hydrogen-bond acceptors (Lipinski definition) is 5. The highest BCUT2D eigenvalue weighted by Gasteiger charge is 2.21. The quantitative estimate of drug-likeness (QED) is 0.220. The number of benzene rings is 4. The third-order valence-corrected chi connectivity index (χ3v) is 7.50. The van der Waals surface area contributed by atoms with Crippen molar-refractivity contribution in [3.63, 3.8) is 0 Å². The second-order valence-corrected chi connectivity index (χ2v) is 10.4. The summed E-state index contributed by atoms with van der Waals surface area (Å²) in [5.41, 5.74) is 5.09. The molecule has 0 bridgehead atoms. The van der Waals surface area contributed by atoms with Crippen LogP contribution >= 0.6 is 23.4 Å². The molecule has 0 saturated heterocycles. The van der Waals surface area contributed by atoms with Gasteiger partial charge in [0, 0.05) is 27.1 Å². The van der Waals surface area contributed by atoms with E-state index in [1.165, 1.54) is 11.8 Å². The summed E-state index contributed by atoms with van der Waals surface area (Å²) in [4.78, 5) is 17.0. The predicted octanol–water partition coefficient (Wildman–Crippen LogP) is 7.45. The fraction of sp³-hybridized carbons (Fsp3) is 0.0323. The maximum atomic E-state index is 13.5. The molecular formula is C31H22ClN5OS. The minimum atomic E-state index is -0.229. The van der Waals surface area contributed by atoms with E-state index in [0.717, 1.165) is 33.2 Å². The van der Waals surface area contributed by atoms with Gasteiger partial charge in [-0.3, -0.25) is 4.79 Å². The van der Waals surface area contributed by atoms with E-state index in [-0.39, 0.29) is 5.56 Å². The van der Waals surface area contributed by atoms with E-state index >= 15 is 0 Å². The Hall–Kier alpha value is -4.46. The molecule has 39 heavy (non-hydrogen) atoms. The van der Waals surface area contributed by atoms with Crippen LogP contribution in [0.3, 0.4) is 0 Å². The molecule has 6 nitrogen and oxygen atoms in total. The summed E-state index contributed by atoms with van der Waals surface area (Å²) in [7, 11) is 0. The molecule has 0 aliphatic carbocycles. The molecule has 0 aliphatic rings. The largest absolute Gasteiger partial charge is 0.321 e. The number of hydrogen-bond donors (Lipinski definition) is 1. The van der Waals surface area contributed by atoms with Crippen molar-refractivity contribution in [2.24, 2.45) is 5.10 Å². The summed E-state index contributed by atoms with van der Waals surface area (Å²) in [6, 6.07) is 33.1. The summed E-state index contributed by atoms with van der Waals surface area (Å²) < 4.78 is 1.68. The molecule has 0 radical (unpaired) electrons. The van der Waals surface area contributed by atoms with E-state index in [4.69, 9.17) is 16.7 Å². The fourth-order valence-corrected chi connectivity index (χ4v) is 5.44. The molecule has 6 rings (SSSR count). The van der Waals surface area contributed by atoms with Crippen LogP contribution in [0.15, 0.2) is 123 Å². The zero-order valence-corrected chi connectivity index (χ0v) is 22.4. The third-order valence-electron chi connectivity index (χ3n) is 6.23. The summed E-state index contributed by atoms with van der Waals surface area (Å²) in [6.07, 6.45) is 1.76. The Morgan fingerprint density at radius 1 is 0.872 bits per heavy atom. The molecule has 1 N–H and O–H groups in total. The lowest BCUT2D eigenvalue weighted by molar-refractivity contribution is 0.772. The Kier molecular flexibility index (Phi) is 6.84. The molecule has 4 aromatic carbocycles. The smallest absolute Gasteiger partial charge is 0.263 e. The molecule has 0 aliphatic heterocycles. The first-order chi connectivity index (χ1) is 19.1. The number of H-pyrrole nitrogens is 1. The molecule has 2 heterocycles. The van der Waals surface area contributed by atoms with Gasteiger partial charge in [-0.2, -0.15) is 9.78 Å². The predicted molar refractivity (Wildman–Crippen MR) is 159 cm³/mol. The maximum absolute atomic E-state index is 13.5. The van der Waals surface area contributed by atoms with Gasteiger partial charge >= 0.3 is 0 Å². The Labute approximate surface area is 234 Å². The molecule has 0 amide bonds. The SMILES string of the molecule is Cc1ccc(-c2nnc(Sc3c(-c4ccccc4)c4cc(Cl)ccc4[nH]c3=O)n2/N=C/c2ccccc2)cc1. The van der Waals surface area contributed by atoms with Crippen molar-refractivity contribution < 1.29 is 0 Å². The van der Waals surface area contributed by atoms with Crippen molar-refractivity contribution in [1.82, 2.24) is 19.9 Å². The Bertz CT molecular complexity index is 1860. The van der Waals surface area contributed by atoms with Crippen LogP contribution in [-0.4, -0.2) is 26.1 Å². The minimum absolute atomic E-state index is 0.229. The standard InChI is InChI=1S/C31H22ClN5OS/c1-20-12-14-23(15-13-20)29-35-36-31(37(29)33-19-21-8-4-2-5-9-21)39-28-27(22-10-6-3-7-11-22)25-18-24(32)16-17-26(25)34-30(28)38/h2-19H,1H3,(H,34,38)/b33-19+. The third kappa shape index (κ3) is 5.14. The first-order valence-corrected chi connectivity index (χ1v) is 13.5. The molecule has 0 unspecified atom stereocenters. The molecule has 8 heteroatoms. The lowest BCUT2D eigenvalue weighted by atomic mass is 10.0. The zero-order valence-electron chi connectivity index (χ0n) is 20.9. The summed E-state index contributed by atoms with van der Waals surface area (Å²) in [5, 5.41) is 15.6. The number of nitrogens with zero attached hydrogens (tertiary/aromatic N) is 4. The topological polar surface area (TPSA) is 75.9 Å². The first kappa shape index (κ1) is 24.9. The van der Waals surface area contributed by atoms with Crippen LogP contribution in [0, 0.1) is 6.92 Å². The summed E-state index contributed by atoms with van der Waals surface area (Å²) >= 11 is 7.62. The van der Waals surface area contributed by atoms with Gasteiger partial charge in [-0.15, -0.1) is 10.2 Å². The van der Waals surface area contributed by atoms with Gasteiger partial charge in [0.25, 0.3) is 5.56 Å². The molecule has 0 atom stereocenters. The monoisotopic (exact) mass is 547 g/mol. The van der Waals surface area contributed by atoms with Crippen molar-refractivity contribution in [3.05, 3.63) is 130 Å². The number of rotatable bonds is 6. The fourth-order valence-electron chi connectivity index (χ4n) is 4.31. The van der Waals surface area contributed by atoms with E-state index in [2.05, 4.69) is 15.2 Å². The highest BCUT2D eigenvalue weighted by atomic mass is 35.5.